The molecule has 28 heavy (non-hydrogen) atoms. The number of hydrogen-bond donors (Lipinski definition) is 0. The van der Waals surface area contributed by atoms with Gasteiger partial charge in [0.2, 0.25) is 0 Å². The number of anilines is 2. The van der Waals surface area contributed by atoms with Gasteiger partial charge in [0.05, 0.1) is 23.5 Å². The lowest BCUT2D eigenvalue weighted by atomic mass is 9.94. The molecule has 0 unspecified atom stereocenters. The molecule has 5 rings (SSSR count). The lowest BCUT2D eigenvalue weighted by Gasteiger charge is -2.40. The van der Waals surface area contributed by atoms with E-state index in [1.54, 1.807) is 16.0 Å². The van der Waals surface area contributed by atoms with Crippen molar-refractivity contribution in [3.05, 3.63) is 35.3 Å². The summed E-state index contributed by atoms with van der Waals surface area (Å²) in [5, 5.41) is 14.0. The van der Waals surface area contributed by atoms with Crippen molar-refractivity contribution >= 4 is 17.5 Å². The first kappa shape index (κ1) is 17.0. The summed E-state index contributed by atoms with van der Waals surface area (Å²) in [5.74, 6) is 0.808. The van der Waals surface area contributed by atoms with Crippen LogP contribution in [0.3, 0.4) is 0 Å². The Bertz CT molecular complexity index is 969. The van der Waals surface area contributed by atoms with Crippen LogP contribution in [-0.2, 0) is 12.8 Å². The fraction of sp³-hybridized carbons (Fsp3) is 0.500. The average molecular weight is 377 g/mol. The average Bonchev–Trinajstić information content (AvgIpc) is 3.27. The Labute approximate surface area is 164 Å². The minimum Gasteiger partial charge on any atom is -0.351 e. The van der Waals surface area contributed by atoms with Crippen molar-refractivity contribution in [2.24, 2.45) is 0 Å². The van der Waals surface area contributed by atoms with Crippen LogP contribution in [0.4, 0.5) is 16.3 Å². The molecule has 8 heteroatoms. The first-order valence-corrected chi connectivity index (χ1v) is 9.88. The van der Waals surface area contributed by atoms with E-state index < -0.39 is 0 Å². The summed E-state index contributed by atoms with van der Waals surface area (Å²) < 4.78 is 1.93. The number of carbonyl (C=O) groups is 1. The maximum Gasteiger partial charge on any atom is 0.324 e. The minimum absolute atomic E-state index is 0.0201. The van der Waals surface area contributed by atoms with Crippen molar-refractivity contribution in [1.82, 2.24) is 19.7 Å². The number of carbonyl (C=O) groups excluding carboxylic acids is 1. The van der Waals surface area contributed by atoms with Gasteiger partial charge >= 0.3 is 6.03 Å². The standard InChI is InChI=1S/C20H23N7O/c1-24-6-7-26(20(24)28)16-10-22-27(13-16)17-11-25(12-17)19-15(9-21)8-14-4-2-3-5-18(14)23-19/h8,10,13,17H,2-7,11-12H2,1H3. The van der Waals surface area contributed by atoms with Gasteiger partial charge in [-0.3, -0.25) is 9.58 Å². The normalized spacial score (nSPS) is 19.6. The SMILES string of the molecule is CN1CCN(c2cnn(C3CN(c4nc5c(cc4C#N)CCCC5)C3)c2)C1=O. The number of hydrogen-bond acceptors (Lipinski definition) is 5. The van der Waals surface area contributed by atoms with E-state index in [-0.39, 0.29) is 12.1 Å². The van der Waals surface area contributed by atoms with Gasteiger partial charge in [-0.05, 0) is 37.3 Å². The lowest BCUT2D eigenvalue weighted by molar-refractivity contribution is 0.229. The first-order valence-electron chi connectivity index (χ1n) is 9.88. The Morgan fingerprint density at radius 2 is 2.04 bits per heavy atom. The fourth-order valence-electron chi connectivity index (χ4n) is 4.30. The van der Waals surface area contributed by atoms with Gasteiger partial charge in [-0.25, -0.2) is 9.78 Å². The molecule has 2 saturated heterocycles. The molecule has 2 aliphatic heterocycles. The van der Waals surface area contributed by atoms with Gasteiger partial charge in [-0.15, -0.1) is 0 Å². The highest BCUT2D eigenvalue weighted by molar-refractivity contribution is 5.93. The Morgan fingerprint density at radius 3 is 2.79 bits per heavy atom. The summed E-state index contributed by atoms with van der Waals surface area (Å²) in [7, 11) is 1.81. The van der Waals surface area contributed by atoms with Crippen molar-refractivity contribution in [3.63, 3.8) is 0 Å². The summed E-state index contributed by atoms with van der Waals surface area (Å²) in [5.41, 5.74) is 3.91. The van der Waals surface area contributed by atoms with E-state index in [4.69, 9.17) is 4.98 Å². The van der Waals surface area contributed by atoms with Crippen LogP contribution in [0.2, 0.25) is 0 Å². The van der Waals surface area contributed by atoms with E-state index in [2.05, 4.69) is 16.1 Å². The van der Waals surface area contributed by atoms with Gasteiger partial charge in [0, 0.05) is 45.1 Å². The van der Waals surface area contributed by atoms with Crippen LogP contribution < -0.4 is 9.80 Å². The Kier molecular flexibility index (Phi) is 3.97. The fourth-order valence-corrected chi connectivity index (χ4v) is 4.30. The number of aromatic nitrogens is 3. The van der Waals surface area contributed by atoms with E-state index >= 15 is 0 Å². The van der Waals surface area contributed by atoms with E-state index in [1.807, 2.05) is 24.0 Å². The highest BCUT2D eigenvalue weighted by atomic mass is 16.2. The molecule has 8 nitrogen and oxygen atoms in total. The van der Waals surface area contributed by atoms with Crippen LogP contribution in [0.5, 0.6) is 0 Å². The molecule has 0 radical (unpaired) electrons. The molecule has 1 aliphatic carbocycles. The molecule has 2 aromatic rings. The molecule has 0 aromatic carbocycles. The number of rotatable bonds is 3. The van der Waals surface area contributed by atoms with Crippen molar-refractivity contribution in [2.45, 2.75) is 31.7 Å². The number of fused-ring (bicyclic) bond motifs is 1. The van der Waals surface area contributed by atoms with Crippen LogP contribution >= 0.6 is 0 Å². The number of aryl methyl sites for hydroxylation is 2. The molecule has 0 saturated carbocycles. The summed E-state index contributed by atoms with van der Waals surface area (Å²) >= 11 is 0. The van der Waals surface area contributed by atoms with Crippen LogP contribution in [0, 0.1) is 11.3 Å². The van der Waals surface area contributed by atoms with E-state index in [0.29, 0.717) is 12.1 Å². The summed E-state index contributed by atoms with van der Waals surface area (Å²) in [6, 6.07) is 4.61. The molecule has 0 spiro atoms. The molecule has 0 N–H and O–H groups in total. The van der Waals surface area contributed by atoms with Crippen LogP contribution in [-0.4, -0.2) is 58.9 Å². The van der Waals surface area contributed by atoms with Gasteiger partial charge in [-0.1, -0.05) is 0 Å². The molecule has 2 amide bonds. The molecule has 0 bridgehead atoms. The second-order valence-corrected chi connectivity index (χ2v) is 7.88. The first-order chi connectivity index (χ1) is 13.6. The maximum atomic E-state index is 12.2. The number of nitrogens with zero attached hydrogens (tertiary/aromatic N) is 7. The zero-order valence-corrected chi connectivity index (χ0v) is 16.0. The van der Waals surface area contributed by atoms with E-state index in [1.165, 1.54) is 18.4 Å². The predicted molar refractivity (Wildman–Crippen MR) is 104 cm³/mol. The number of likely N-dealkylation sites (N-methyl/N-ethyl adjacent to an activating group) is 1. The third-order valence-electron chi connectivity index (χ3n) is 6.05. The number of urea groups is 1. The van der Waals surface area contributed by atoms with E-state index in [9.17, 15) is 10.1 Å². The number of pyridine rings is 1. The molecule has 4 heterocycles. The van der Waals surface area contributed by atoms with Gasteiger partial charge < -0.3 is 9.80 Å². The van der Waals surface area contributed by atoms with Crippen molar-refractivity contribution in [2.75, 3.05) is 43.0 Å². The summed E-state index contributed by atoms with van der Waals surface area (Å²) in [6.45, 7) is 2.98. The predicted octanol–water partition coefficient (Wildman–Crippen LogP) is 1.96. The Morgan fingerprint density at radius 1 is 1.21 bits per heavy atom. The van der Waals surface area contributed by atoms with Crippen molar-refractivity contribution < 1.29 is 4.79 Å². The third-order valence-corrected chi connectivity index (χ3v) is 6.05. The quantitative estimate of drug-likeness (QED) is 0.817. The lowest BCUT2D eigenvalue weighted by Crippen LogP contribution is -2.48. The molecule has 0 atom stereocenters. The van der Waals surface area contributed by atoms with Crippen molar-refractivity contribution in [1.29, 1.82) is 5.26 Å². The molecule has 2 fully saturated rings. The zero-order valence-electron chi connectivity index (χ0n) is 16.0. The molecule has 144 valence electrons. The van der Waals surface area contributed by atoms with E-state index in [0.717, 1.165) is 49.7 Å². The topological polar surface area (TPSA) is 81.3 Å². The number of nitriles is 1. The molecule has 3 aliphatic rings. The largest absolute Gasteiger partial charge is 0.351 e. The van der Waals surface area contributed by atoms with Gasteiger partial charge in [0.25, 0.3) is 0 Å². The minimum atomic E-state index is 0.0201. The summed E-state index contributed by atoms with van der Waals surface area (Å²) in [6.07, 6.45) is 8.10. The van der Waals surface area contributed by atoms with Gasteiger partial charge in [0.15, 0.2) is 0 Å². The Balaban J connectivity index is 1.31. The van der Waals surface area contributed by atoms with Crippen LogP contribution in [0.1, 0.15) is 35.7 Å². The molecular formula is C20H23N7O. The number of amides is 2. The second kappa shape index (κ2) is 6.51. The second-order valence-electron chi connectivity index (χ2n) is 7.88. The van der Waals surface area contributed by atoms with Crippen LogP contribution in [0.25, 0.3) is 0 Å². The van der Waals surface area contributed by atoms with Crippen LogP contribution in [0.15, 0.2) is 18.5 Å². The highest BCUT2D eigenvalue weighted by Gasteiger charge is 2.33. The summed E-state index contributed by atoms with van der Waals surface area (Å²) in [4.78, 5) is 22.6. The molecular weight excluding hydrogens is 354 g/mol. The van der Waals surface area contributed by atoms with Gasteiger partial charge in [-0.2, -0.15) is 10.4 Å². The maximum absolute atomic E-state index is 12.2. The van der Waals surface area contributed by atoms with Gasteiger partial charge in [0.1, 0.15) is 11.9 Å². The zero-order chi connectivity index (χ0) is 19.3. The third kappa shape index (κ3) is 2.70. The monoisotopic (exact) mass is 377 g/mol. The van der Waals surface area contributed by atoms with Crippen molar-refractivity contribution in [3.8, 4) is 6.07 Å². The highest BCUT2D eigenvalue weighted by Crippen LogP contribution is 2.32. The Hall–Kier alpha value is -3.08. The molecule has 2 aromatic heterocycles. The smallest absolute Gasteiger partial charge is 0.324 e.